The largest absolute Gasteiger partial charge is 0.462 e. The summed E-state index contributed by atoms with van der Waals surface area (Å²) >= 11 is 6.50. The molecular formula is C17H16ClN3O2. The van der Waals surface area contributed by atoms with E-state index in [1.807, 2.05) is 44.4 Å². The zero-order valence-corrected chi connectivity index (χ0v) is 13.9. The van der Waals surface area contributed by atoms with Gasteiger partial charge in [0.2, 0.25) is 0 Å². The second-order valence-corrected chi connectivity index (χ2v) is 5.34. The molecule has 0 aliphatic heterocycles. The van der Waals surface area contributed by atoms with Gasteiger partial charge >= 0.3 is 5.97 Å². The zero-order chi connectivity index (χ0) is 17.0. The standard InChI is InChI=1S/C17H16ClN3O2/c1-4-23-17(22)11(10-19)9-13-15(18)12-7-5-6-8-14(12)20-16(13)21(2)3/h5-9H,4H2,1-3H3/b11-9+. The van der Waals surface area contributed by atoms with Gasteiger partial charge in [0, 0.05) is 25.0 Å². The molecule has 118 valence electrons. The van der Waals surface area contributed by atoms with Gasteiger partial charge in [0.15, 0.2) is 0 Å². The average Bonchev–Trinajstić information content (AvgIpc) is 2.54. The number of pyridine rings is 1. The number of fused-ring (bicyclic) bond motifs is 1. The second kappa shape index (κ2) is 7.12. The first-order valence-corrected chi connectivity index (χ1v) is 7.41. The molecule has 0 spiro atoms. The number of aromatic nitrogens is 1. The molecule has 2 aromatic rings. The SMILES string of the molecule is CCOC(=O)/C(C#N)=C/c1c(N(C)C)nc2ccccc2c1Cl. The Hall–Kier alpha value is -2.58. The van der Waals surface area contributed by atoms with Gasteiger partial charge in [-0.2, -0.15) is 5.26 Å². The van der Waals surface area contributed by atoms with Crippen molar-refractivity contribution >= 4 is 40.4 Å². The molecule has 1 heterocycles. The molecule has 2 rings (SSSR count). The number of anilines is 1. The normalized spacial score (nSPS) is 11.2. The third kappa shape index (κ3) is 3.43. The topological polar surface area (TPSA) is 66.2 Å². The molecule has 23 heavy (non-hydrogen) atoms. The Morgan fingerprint density at radius 2 is 2.13 bits per heavy atom. The van der Waals surface area contributed by atoms with Crippen LogP contribution < -0.4 is 4.90 Å². The van der Waals surface area contributed by atoms with E-state index in [1.165, 1.54) is 6.08 Å². The maximum atomic E-state index is 11.8. The highest BCUT2D eigenvalue weighted by molar-refractivity contribution is 6.37. The molecule has 0 aliphatic rings. The summed E-state index contributed by atoms with van der Waals surface area (Å²) in [5.74, 6) is -0.102. The summed E-state index contributed by atoms with van der Waals surface area (Å²) in [5.41, 5.74) is 1.14. The van der Waals surface area contributed by atoms with Gasteiger partial charge < -0.3 is 9.64 Å². The molecule has 6 heteroatoms. The number of rotatable bonds is 4. The van der Waals surface area contributed by atoms with Crippen LogP contribution in [0.1, 0.15) is 12.5 Å². The van der Waals surface area contributed by atoms with Crippen molar-refractivity contribution in [3.05, 3.63) is 40.4 Å². The lowest BCUT2D eigenvalue weighted by atomic mass is 10.1. The monoisotopic (exact) mass is 329 g/mol. The quantitative estimate of drug-likeness (QED) is 0.488. The molecule has 5 nitrogen and oxygen atoms in total. The number of nitriles is 1. The van der Waals surface area contributed by atoms with E-state index in [-0.39, 0.29) is 12.2 Å². The van der Waals surface area contributed by atoms with Crippen LogP contribution in [0, 0.1) is 11.3 Å². The summed E-state index contributed by atoms with van der Waals surface area (Å²) in [6, 6.07) is 9.29. The number of benzene rings is 1. The molecule has 1 aromatic carbocycles. The van der Waals surface area contributed by atoms with Crippen molar-refractivity contribution in [2.45, 2.75) is 6.92 Å². The van der Waals surface area contributed by atoms with E-state index >= 15 is 0 Å². The van der Waals surface area contributed by atoms with Gasteiger partial charge in [-0.05, 0) is 19.1 Å². The van der Waals surface area contributed by atoms with Crippen molar-refractivity contribution in [3.63, 3.8) is 0 Å². The van der Waals surface area contributed by atoms with E-state index in [9.17, 15) is 10.1 Å². The van der Waals surface area contributed by atoms with Crippen LogP contribution in [0.3, 0.4) is 0 Å². The summed E-state index contributed by atoms with van der Waals surface area (Å²) in [6.07, 6.45) is 1.43. The van der Waals surface area contributed by atoms with Crippen molar-refractivity contribution in [1.82, 2.24) is 4.98 Å². The molecule has 1 aromatic heterocycles. The van der Waals surface area contributed by atoms with E-state index in [0.717, 1.165) is 10.9 Å². The maximum Gasteiger partial charge on any atom is 0.348 e. The summed E-state index contributed by atoms with van der Waals surface area (Å²) in [4.78, 5) is 18.2. The minimum atomic E-state index is -0.677. The Labute approximate surface area is 139 Å². The minimum absolute atomic E-state index is 0.117. The number of nitrogens with zero attached hydrogens (tertiary/aromatic N) is 3. The van der Waals surface area contributed by atoms with Crippen LogP contribution in [0.25, 0.3) is 17.0 Å². The van der Waals surface area contributed by atoms with Gasteiger partial charge in [-0.15, -0.1) is 0 Å². The summed E-state index contributed by atoms with van der Waals surface area (Å²) in [6.45, 7) is 1.88. The van der Waals surface area contributed by atoms with Crippen LogP contribution in [0.15, 0.2) is 29.8 Å². The van der Waals surface area contributed by atoms with Gasteiger partial charge in [-0.25, -0.2) is 9.78 Å². The lowest BCUT2D eigenvalue weighted by Crippen LogP contribution is -2.13. The van der Waals surface area contributed by atoms with Crippen LogP contribution in [-0.4, -0.2) is 31.7 Å². The molecule has 0 unspecified atom stereocenters. The summed E-state index contributed by atoms with van der Waals surface area (Å²) in [7, 11) is 3.64. The van der Waals surface area contributed by atoms with Gasteiger partial charge in [0.1, 0.15) is 17.5 Å². The Balaban J connectivity index is 2.72. The number of para-hydroxylation sites is 1. The van der Waals surface area contributed by atoms with Crippen LogP contribution in [0.5, 0.6) is 0 Å². The van der Waals surface area contributed by atoms with Gasteiger partial charge in [0.25, 0.3) is 0 Å². The van der Waals surface area contributed by atoms with Crippen molar-refractivity contribution in [2.75, 3.05) is 25.6 Å². The predicted octanol–water partition coefficient (Wildman–Crippen LogP) is 3.42. The number of hydrogen-bond donors (Lipinski definition) is 0. The molecule has 0 saturated carbocycles. The first-order valence-electron chi connectivity index (χ1n) is 7.04. The highest BCUT2D eigenvalue weighted by Gasteiger charge is 2.17. The molecule has 0 saturated heterocycles. The fourth-order valence-electron chi connectivity index (χ4n) is 2.13. The van der Waals surface area contributed by atoms with Crippen molar-refractivity contribution < 1.29 is 9.53 Å². The van der Waals surface area contributed by atoms with E-state index in [2.05, 4.69) is 4.98 Å². The number of carbonyl (C=O) groups excluding carboxylic acids is 1. The fraction of sp³-hybridized carbons (Fsp3) is 0.235. The van der Waals surface area contributed by atoms with E-state index in [0.29, 0.717) is 16.4 Å². The highest BCUT2D eigenvalue weighted by Crippen LogP contribution is 2.33. The summed E-state index contributed by atoms with van der Waals surface area (Å²) < 4.78 is 4.89. The third-order valence-electron chi connectivity index (χ3n) is 3.17. The first-order chi connectivity index (χ1) is 11.0. The molecular weight excluding hydrogens is 314 g/mol. The van der Waals surface area contributed by atoms with Crippen LogP contribution in [0.4, 0.5) is 5.82 Å². The molecule has 0 bridgehead atoms. The number of ether oxygens (including phenoxy) is 1. The Morgan fingerprint density at radius 1 is 1.43 bits per heavy atom. The van der Waals surface area contributed by atoms with Crippen molar-refractivity contribution in [2.24, 2.45) is 0 Å². The average molecular weight is 330 g/mol. The number of carbonyl (C=O) groups is 1. The lowest BCUT2D eigenvalue weighted by molar-refractivity contribution is -0.137. The third-order valence-corrected chi connectivity index (χ3v) is 3.58. The smallest absolute Gasteiger partial charge is 0.348 e. The van der Waals surface area contributed by atoms with Crippen LogP contribution >= 0.6 is 11.6 Å². The molecule has 0 fully saturated rings. The van der Waals surface area contributed by atoms with Crippen molar-refractivity contribution in [1.29, 1.82) is 5.26 Å². The van der Waals surface area contributed by atoms with E-state index in [4.69, 9.17) is 16.3 Å². The molecule has 0 aliphatic carbocycles. The van der Waals surface area contributed by atoms with Gasteiger partial charge in [-0.3, -0.25) is 0 Å². The minimum Gasteiger partial charge on any atom is -0.462 e. The van der Waals surface area contributed by atoms with E-state index < -0.39 is 5.97 Å². The summed E-state index contributed by atoms with van der Waals surface area (Å²) in [5, 5.41) is 10.4. The fourth-order valence-corrected chi connectivity index (χ4v) is 2.43. The van der Waals surface area contributed by atoms with Crippen molar-refractivity contribution in [3.8, 4) is 6.07 Å². The van der Waals surface area contributed by atoms with Gasteiger partial charge in [0.05, 0.1) is 17.1 Å². The van der Waals surface area contributed by atoms with Crippen LogP contribution in [0.2, 0.25) is 5.02 Å². The number of esters is 1. The number of hydrogen-bond acceptors (Lipinski definition) is 5. The Bertz CT molecular complexity index is 822. The maximum absolute atomic E-state index is 11.8. The molecule has 0 N–H and O–H groups in total. The Kier molecular flexibility index (Phi) is 5.20. The molecule has 0 amide bonds. The zero-order valence-electron chi connectivity index (χ0n) is 13.1. The highest BCUT2D eigenvalue weighted by atomic mass is 35.5. The molecule has 0 radical (unpaired) electrons. The predicted molar refractivity (Wildman–Crippen MR) is 91.3 cm³/mol. The van der Waals surface area contributed by atoms with Crippen LogP contribution in [-0.2, 0) is 9.53 Å². The molecule has 0 atom stereocenters. The lowest BCUT2D eigenvalue weighted by Gasteiger charge is -2.17. The Morgan fingerprint density at radius 3 is 2.74 bits per heavy atom. The second-order valence-electron chi connectivity index (χ2n) is 4.96. The first kappa shape index (κ1) is 16.8. The van der Waals surface area contributed by atoms with E-state index in [1.54, 1.807) is 11.8 Å². The number of halogens is 1. The van der Waals surface area contributed by atoms with Gasteiger partial charge in [-0.1, -0.05) is 29.8 Å².